The molecule has 0 spiro atoms. The van der Waals surface area contributed by atoms with Gasteiger partial charge in [-0.3, -0.25) is 4.90 Å². The SMILES string of the molecule is CCc1noc(C)c1CN1CCC(N)C(C)(C)C1. The van der Waals surface area contributed by atoms with E-state index in [1.807, 2.05) is 6.92 Å². The van der Waals surface area contributed by atoms with E-state index in [1.54, 1.807) is 0 Å². The van der Waals surface area contributed by atoms with Gasteiger partial charge >= 0.3 is 0 Å². The lowest BCUT2D eigenvalue weighted by molar-refractivity contribution is 0.0893. The molecule has 2 N–H and O–H groups in total. The van der Waals surface area contributed by atoms with Gasteiger partial charge in [-0.15, -0.1) is 0 Å². The largest absolute Gasteiger partial charge is 0.361 e. The maximum atomic E-state index is 6.18. The van der Waals surface area contributed by atoms with Crippen LogP contribution in [0.3, 0.4) is 0 Å². The zero-order chi connectivity index (χ0) is 13.3. The number of aromatic nitrogens is 1. The Hall–Kier alpha value is -0.870. The number of hydrogen-bond acceptors (Lipinski definition) is 4. The van der Waals surface area contributed by atoms with Crippen molar-refractivity contribution in [3.8, 4) is 0 Å². The highest BCUT2D eigenvalue weighted by Crippen LogP contribution is 2.29. The van der Waals surface area contributed by atoms with Crippen LogP contribution in [0.5, 0.6) is 0 Å². The third kappa shape index (κ3) is 2.59. The molecule has 4 heteroatoms. The van der Waals surface area contributed by atoms with Gasteiger partial charge in [-0.05, 0) is 25.2 Å². The second kappa shape index (κ2) is 5.02. The fourth-order valence-electron chi connectivity index (χ4n) is 2.76. The molecule has 0 radical (unpaired) electrons. The Bertz CT molecular complexity index is 411. The third-order valence-corrected chi connectivity index (χ3v) is 4.17. The van der Waals surface area contributed by atoms with Gasteiger partial charge in [0, 0.05) is 31.2 Å². The van der Waals surface area contributed by atoms with Crippen LogP contribution in [0.4, 0.5) is 0 Å². The third-order valence-electron chi connectivity index (χ3n) is 4.17. The van der Waals surface area contributed by atoms with Gasteiger partial charge in [-0.2, -0.15) is 0 Å². The normalized spacial score (nSPS) is 24.4. The van der Waals surface area contributed by atoms with Gasteiger partial charge < -0.3 is 10.3 Å². The fourth-order valence-corrected chi connectivity index (χ4v) is 2.76. The maximum absolute atomic E-state index is 6.18. The number of likely N-dealkylation sites (tertiary alicyclic amines) is 1. The summed E-state index contributed by atoms with van der Waals surface area (Å²) >= 11 is 0. The molecule has 2 rings (SSSR count). The van der Waals surface area contributed by atoms with Crippen molar-refractivity contribution in [2.24, 2.45) is 11.1 Å². The quantitative estimate of drug-likeness (QED) is 0.894. The number of nitrogens with zero attached hydrogens (tertiary/aromatic N) is 2. The molecule has 0 saturated carbocycles. The average Bonchev–Trinajstić information content (AvgIpc) is 2.65. The predicted octanol–water partition coefficient (Wildman–Crippen LogP) is 2.10. The highest BCUT2D eigenvalue weighted by molar-refractivity contribution is 5.22. The molecule has 1 aromatic rings. The van der Waals surface area contributed by atoms with Gasteiger partial charge in [0.1, 0.15) is 5.76 Å². The minimum Gasteiger partial charge on any atom is -0.361 e. The first kappa shape index (κ1) is 13.6. The van der Waals surface area contributed by atoms with Gasteiger partial charge in [0.2, 0.25) is 0 Å². The number of aryl methyl sites for hydroxylation is 2. The lowest BCUT2D eigenvalue weighted by Gasteiger charge is -2.42. The van der Waals surface area contributed by atoms with E-state index in [0.29, 0.717) is 6.04 Å². The summed E-state index contributed by atoms with van der Waals surface area (Å²) in [6.45, 7) is 11.7. The molecule has 1 aliphatic rings. The zero-order valence-electron chi connectivity index (χ0n) is 12.0. The summed E-state index contributed by atoms with van der Waals surface area (Å²) in [4.78, 5) is 2.47. The van der Waals surface area contributed by atoms with Crippen molar-refractivity contribution in [1.82, 2.24) is 10.1 Å². The van der Waals surface area contributed by atoms with Crippen molar-refractivity contribution in [2.75, 3.05) is 13.1 Å². The van der Waals surface area contributed by atoms with Crippen LogP contribution in [0.2, 0.25) is 0 Å². The molecule has 1 fully saturated rings. The summed E-state index contributed by atoms with van der Waals surface area (Å²) in [6, 6.07) is 0.308. The Morgan fingerprint density at radius 3 is 2.83 bits per heavy atom. The number of rotatable bonds is 3. The van der Waals surface area contributed by atoms with Crippen LogP contribution >= 0.6 is 0 Å². The van der Waals surface area contributed by atoms with Gasteiger partial charge in [0.25, 0.3) is 0 Å². The molecule has 1 aromatic heterocycles. The monoisotopic (exact) mass is 251 g/mol. The van der Waals surface area contributed by atoms with Gasteiger partial charge in [0.15, 0.2) is 0 Å². The van der Waals surface area contributed by atoms with Crippen LogP contribution in [0, 0.1) is 12.3 Å². The summed E-state index contributed by atoms with van der Waals surface area (Å²) in [6.07, 6.45) is 2.00. The first-order valence-electron chi connectivity index (χ1n) is 6.86. The molecular weight excluding hydrogens is 226 g/mol. The zero-order valence-corrected chi connectivity index (χ0v) is 12.0. The minimum absolute atomic E-state index is 0.190. The summed E-state index contributed by atoms with van der Waals surface area (Å²) < 4.78 is 5.30. The first-order chi connectivity index (χ1) is 8.44. The Kier molecular flexibility index (Phi) is 3.78. The second-order valence-electron chi connectivity index (χ2n) is 6.11. The van der Waals surface area contributed by atoms with Crippen molar-refractivity contribution in [3.63, 3.8) is 0 Å². The predicted molar refractivity (Wildman–Crippen MR) is 72.3 cm³/mol. The number of hydrogen-bond donors (Lipinski definition) is 1. The van der Waals surface area contributed by atoms with E-state index < -0.39 is 0 Å². The van der Waals surface area contributed by atoms with Gasteiger partial charge in [-0.1, -0.05) is 25.9 Å². The standard InChI is InChI=1S/C14H25N3O/c1-5-12-11(10(2)18-16-12)8-17-7-6-13(15)14(3,4)9-17/h13H,5-9,15H2,1-4H3. The number of piperidine rings is 1. The Morgan fingerprint density at radius 2 is 2.22 bits per heavy atom. The highest BCUT2D eigenvalue weighted by atomic mass is 16.5. The van der Waals surface area contributed by atoms with E-state index >= 15 is 0 Å². The van der Waals surface area contributed by atoms with Crippen LogP contribution < -0.4 is 5.73 Å². The van der Waals surface area contributed by atoms with E-state index in [9.17, 15) is 0 Å². The van der Waals surface area contributed by atoms with E-state index in [0.717, 1.165) is 43.9 Å². The molecular formula is C14H25N3O. The van der Waals surface area contributed by atoms with Crippen molar-refractivity contribution in [2.45, 2.75) is 53.1 Å². The summed E-state index contributed by atoms with van der Waals surface area (Å²) in [5.74, 6) is 0.958. The molecule has 0 bridgehead atoms. The molecule has 0 amide bonds. The highest BCUT2D eigenvalue weighted by Gasteiger charge is 2.33. The Balaban J connectivity index is 2.08. The van der Waals surface area contributed by atoms with E-state index in [4.69, 9.17) is 10.3 Å². The van der Waals surface area contributed by atoms with Crippen LogP contribution in [0.1, 0.15) is 44.2 Å². The van der Waals surface area contributed by atoms with Crippen molar-refractivity contribution in [3.05, 3.63) is 17.0 Å². The van der Waals surface area contributed by atoms with E-state index in [1.165, 1.54) is 5.56 Å². The molecule has 1 unspecified atom stereocenters. The molecule has 0 aromatic carbocycles. The van der Waals surface area contributed by atoms with E-state index in [2.05, 4.69) is 30.8 Å². The molecule has 1 aliphatic heterocycles. The lowest BCUT2D eigenvalue weighted by atomic mass is 9.79. The maximum Gasteiger partial charge on any atom is 0.138 e. The second-order valence-corrected chi connectivity index (χ2v) is 6.11. The van der Waals surface area contributed by atoms with Crippen molar-refractivity contribution >= 4 is 0 Å². The van der Waals surface area contributed by atoms with Crippen LogP contribution in [0.15, 0.2) is 4.52 Å². The molecule has 4 nitrogen and oxygen atoms in total. The molecule has 0 aliphatic carbocycles. The Labute approximate surface area is 110 Å². The van der Waals surface area contributed by atoms with Crippen LogP contribution in [-0.4, -0.2) is 29.2 Å². The van der Waals surface area contributed by atoms with E-state index in [-0.39, 0.29) is 5.41 Å². The molecule has 1 saturated heterocycles. The summed E-state index contributed by atoms with van der Waals surface area (Å²) in [5.41, 5.74) is 8.73. The summed E-state index contributed by atoms with van der Waals surface area (Å²) in [7, 11) is 0. The van der Waals surface area contributed by atoms with Crippen molar-refractivity contribution in [1.29, 1.82) is 0 Å². The van der Waals surface area contributed by atoms with Crippen LogP contribution in [0.25, 0.3) is 0 Å². The smallest absolute Gasteiger partial charge is 0.138 e. The van der Waals surface area contributed by atoms with Crippen molar-refractivity contribution < 1.29 is 4.52 Å². The topological polar surface area (TPSA) is 55.3 Å². The Morgan fingerprint density at radius 1 is 1.50 bits per heavy atom. The lowest BCUT2D eigenvalue weighted by Crippen LogP contribution is -2.52. The fraction of sp³-hybridized carbons (Fsp3) is 0.786. The molecule has 2 heterocycles. The van der Waals surface area contributed by atoms with Crippen LogP contribution in [-0.2, 0) is 13.0 Å². The molecule has 102 valence electrons. The van der Waals surface area contributed by atoms with Gasteiger partial charge in [0.05, 0.1) is 5.69 Å². The average molecular weight is 251 g/mol. The number of nitrogens with two attached hydrogens (primary N) is 1. The minimum atomic E-state index is 0.190. The van der Waals surface area contributed by atoms with Gasteiger partial charge in [-0.25, -0.2) is 0 Å². The molecule has 18 heavy (non-hydrogen) atoms. The first-order valence-corrected chi connectivity index (χ1v) is 6.86. The molecule has 1 atom stereocenters. The summed E-state index contributed by atoms with van der Waals surface area (Å²) in [5, 5.41) is 4.12.